The van der Waals surface area contributed by atoms with Gasteiger partial charge in [0.05, 0.1) is 16.6 Å². The summed E-state index contributed by atoms with van der Waals surface area (Å²) in [5, 5.41) is 16.1. The summed E-state index contributed by atoms with van der Waals surface area (Å²) in [6.45, 7) is 4.05. The Hall–Kier alpha value is -4.21. The zero-order valence-electron chi connectivity index (χ0n) is 20.2. The van der Waals surface area contributed by atoms with Gasteiger partial charge in [-0.25, -0.2) is 4.98 Å². The van der Waals surface area contributed by atoms with Gasteiger partial charge in [-0.1, -0.05) is 55.8 Å². The summed E-state index contributed by atoms with van der Waals surface area (Å²) in [4.78, 5) is 18.2. The highest BCUT2D eigenvalue weighted by atomic mass is 32.1. The molecule has 0 saturated heterocycles. The smallest absolute Gasteiger partial charge is 0.257 e. The van der Waals surface area contributed by atoms with Gasteiger partial charge < -0.3 is 9.73 Å². The molecular formula is C30H25N3O2S. The van der Waals surface area contributed by atoms with Gasteiger partial charge in [-0.2, -0.15) is 5.26 Å². The molecule has 3 aromatic heterocycles. The highest BCUT2D eigenvalue weighted by Gasteiger charge is 2.19. The van der Waals surface area contributed by atoms with E-state index < -0.39 is 0 Å². The number of unbranched alkanes of at least 4 members (excludes halogenated alkanes) is 1. The number of fused-ring (bicyclic) bond motifs is 1. The topological polar surface area (TPSA) is 78.9 Å². The minimum absolute atomic E-state index is 0.294. The van der Waals surface area contributed by atoms with Crippen LogP contribution in [0.3, 0.4) is 0 Å². The van der Waals surface area contributed by atoms with Crippen LogP contribution in [-0.4, -0.2) is 10.9 Å². The molecule has 0 atom stereocenters. The number of carbonyl (C=O) groups excluding carboxylic acids is 1. The molecule has 0 aliphatic rings. The first-order valence-corrected chi connectivity index (χ1v) is 12.8. The van der Waals surface area contributed by atoms with E-state index >= 15 is 0 Å². The van der Waals surface area contributed by atoms with Gasteiger partial charge in [-0.3, -0.25) is 4.79 Å². The summed E-state index contributed by atoms with van der Waals surface area (Å²) in [6.07, 6.45) is 3.36. The van der Waals surface area contributed by atoms with Crippen LogP contribution in [0, 0.1) is 18.3 Å². The summed E-state index contributed by atoms with van der Waals surface area (Å²) in [5.41, 5.74) is 5.31. The van der Waals surface area contributed by atoms with Crippen molar-refractivity contribution in [1.82, 2.24) is 4.98 Å². The van der Waals surface area contributed by atoms with Crippen molar-refractivity contribution < 1.29 is 9.21 Å². The van der Waals surface area contributed by atoms with Crippen LogP contribution < -0.4 is 5.32 Å². The molecule has 0 aliphatic heterocycles. The number of para-hydroxylation sites is 1. The van der Waals surface area contributed by atoms with E-state index in [0.29, 0.717) is 33.1 Å². The number of hydrogen-bond donors (Lipinski definition) is 1. The highest BCUT2D eigenvalue weighted by molar-refractivity contribution is 7.15. The van der Waals surface area contributed by atoms with Crippen molar-refractivity contribution in [3.63, 3.8) is 0 Å². The zero-order chi connectivity index (χ0) is 25.1. The quantitative estimate of drug-likeness (QED) is 0.250. The molecule has 0 aliphatic carbocycles. The number of rotatable bonds is 7. The number of thiophene rings is 1. The highest BCUT2D eigenvalue weighted by Crippen LogP contribution is 2.36. The summed E-state index contributed by atoms with van der Waals surface area (Å²) in [5.74, 6) is 1.08. The number of nitrogens with zero attached hydrogens (tertiary/aromatic N) is 2. The minimum atomic E-state index is -0.294. The first-order chi connectivity index (χ1) is 17.6. The Kier molecular flexibility index (Phi) is 6.66. The number of pyridine rings is 1. The van der Waals surface area contributed by atoms with E-state index in [1.165, 1.54) is 16.9 Å². The van der Waals surface area contributed by atoms with E-state index in [0.717, 1.165) is 41.5 Å². The van der Waals surface area contributed by atoms with Gasteiger partial charge in [-0.05, 0) is 55.2 Å². The molecule has 1 amide bonds. The molecule has 5 nitrogen and oxygen atoms in total. The van der Waals surface area contributed by atoms with E-state index in [2.05, 4.69) is 35.4 Å². The van der Waals surface area contributed by atoms with Crippen molar-refractivity contribution in [2.24, 2.45) is 0 Å². The van der Waals surface area contributed by atoms with Crippen LogP contribution in [0.4, 0.5) is 5.00 Å². The first kappa shape index (κ1) is 23.5. The lowest BCUT2D eigenvalue weighted by Gasteiger charge is -2.09. The zero-order valence-corrected chi connectivity index (χ0v) is 21.0. The van der Waals surface area contributed by atoms with Gasteiger partial charge >= 0.3 is 0 Å². The van der Waals surface area contributed by atoms with Gasteiger partial charge in [0, 0.05) is 16.3 Å². The molecule has 1 N–H and O–H groups in total. The monoisotopic (exact) mass is 491 g/mol. The van der Waals surface area contributed by atoms with E-state index in [1.54, 1.807) is 6.07 Å². The number of nitriles is 1. The minimum Gasteiger partial charge on any atom is -0.460 e. The predicted octanol–water partition coefficient (Wildman–Crippen LogP) is 8.00. The molecule has 0 radical (unpaired) electrons. The Bertz CT molecular complexity index is 1590. The van der Waals surface area contributed by atoms with Gasteiger partial charge in [-0.15, -0.1) is 11.3 Å². The van der Waals surface area contributed by atoms with Crippen molar-refractivity contribution >= 4 is 33.1 Å². The van der Waals surface area contributed by atoms with Crippen molar-refractivity contribution in [2.45, 2.75) is 33.1 Å². The number of anilines is 1. The van der Waals surface area contributed by atoms with Crippen molar-refractivity contribution in [3.05, 3.63) is 94.6 Å². The molecule has 5 aromatic rings. The molecule has 6 heteroatoms. The normalized spacial score (nSPS) is 10.9. The molecule has 36 heavy (non-hydrogen) atoms. The fourth-order valence-electron chi connectivity index (χ4n) is 4.24. The van der Waals surface area contributed by atoms with Crippen LogP contribution in [0.1, 0.15) is 47.0 Å². The summed E-state index contributed by atoms with van der Waals surface area (Å²) < 4.78 is 5.76. The third-order valence-corrected chi connectivity index (χ3v) is 7.06. The Balaban J connectivity index is 1.48. The molecule has 0 unspecified atom stereocenters. The maximum absolute atomic E-state index is 13.5. The molecule has 3 heterocycles. The van der Waals surface area contributed by atoms with Crippen LogP contribution in [-0.2, 0) is 6.42 Å². The Morgan fingerprint density at radius 3 is 2.64 bits per heavy atom. The van der Waals surface area contributed by atoms with Crippen LogP contribution in [0.2, 0.25) is 0 Å². The number of hydrogen-bond acceptors (Lipinski definition) is 5. The van der Waals surface area contributed by atoms with Gasteiger partial charge in [0.25, 0.3) is 5.91 Å². The molecule has 0 spiro atoms. The lowest BCUT2D eigenvalue weighted by Crippen LogP contribution is -2.13. The third-order valence-electron chi connectivity index (χ3n) is 6.17. The average molecular weight is 492 g/mol. The summed E-state index contributed by atoms with van der Waals surface area (Å²) in [7, 11) is 0. The Labute approximate surface area is 214 Å². The fraction of sp³-hybridized carbons (Fsp3) is 0.167. The van der Waals surface area contributed by atoms with E-state index in [9.17, 15) is 10.1 Å². The molecular weight excluding hydrogens is 466 g/mol. The number of furan rings is 1. The second-order valence-electron chi connectivity index (χ2n) is 8.70. The first-order valence-electron chi connectivity index (χ1n) is 12.0. The van der Waals surface area contributed by atoms with Crippen molar-refractivity contribution in [2.75, 3.05) is 5.32 Å². The van der Waals surface area contributed by atoms with Crippen molar-refractivity contribution in [3.8, 4) is 28.7 Å². The van der Waals surface area contributed by atoms with Crippen molar-refractivity contribution in [1.29, 1.82) is 5.26 Å². The molecule has 5 rings (SSSR count). The maximum Gasteiger partial charge on any atom is 0.257 e. The SMILES string of the molecule is CCCCc1ccc(-c2csc(NC(=O)c3cc(-c4ccc(C)o4)nc4ccccc34)c2C#N)cc1. The maximum atomic E-state index is 13.5. The fourth-order valence-corrected chi connectivity index (χ4v) is 5.15. The van der Waals surface area contributed by atoms with Crippen LogP contribution in [0.25, 0.3) is 33.5 Å². The lowest BCUT2D eigenvalue weighted by atomic mass is 10.0. The number of benzene rings is 2. The second kappa shape index (κ2) is 10.2. The number of aromatic nitrogens is 1. The molecule has 0 saturated carbocycles. The van der Waals surface area contributed by atoms with E-state index in [4.69, 9.17) is 4.42 Å². The largest absolute Gasteiger partial charge is 0.460 e. The lowest BCUT2D eigenvalue weighted by molar-refractivity contribution is 0.102. The van der Waals surface area contributed by atoms with Gasteiger partial charge in [0.15, 0.2) is 5.76 Å². The van der Waals surface area contributed by atoms with E-state index in [-0.39, 0.29) is 5.91 Å². The molecule has 2 aromatic carbocycles. The standard InChI is InChI=1S/C30H25N3O2S/c1-3-4-7-20-11-13-21(14-12-20)25-18-36-30(24(25)17-31)33-29(34)23-16-27(28-15-10-19(2)35-28)32-26-9-6-5-8-22(23)26/h5-6,8-16,18H,3-4,7H2,1-2H3,(H,33,34). The predicted molar refractivity (Wildman–Crippen MR) is 145 cm³/mol. The number of amides is 1. The summed E-state index contributed by atoms with van der Waals surface area (Å²) in [6, 6.07) is 23.6. The van der Waals surface area contributed by atoms with Crippen LogP contribution >= 0.6 is 11.3 Å². The van der Waals surface area contributed by atoms with E-state index in [1.807, 2.05) is 60.8 Å². The average Bonchev–Trinajstić information content (AvgIpc) is 3.52. The third kappa shape index (κ3) is 4.66. The number of aryl methyl sites for hydroxylation is 2. The molecule has 178 valence electrons. The van der Waals surface area contributed by atoms with Gasteiger partial charge in [0.1, 0.15) is 22.5 Å². The Morgan fingerprint density at radius 1 is 1.11 bits per heavy atom. The van der Waals surface area contributed by atoms with Gasteiger partial charge in [0.2, 0.25) is 0 Å². The van der Waals surface area contributed by atoms with Crippen LogP contribution in [0.5, 0.6) is 0 Å². The Morgan fingerprint density at radius 2 is 1.92 bits per heavy atom. The number of carbonyl (C=O) groups is 1. The molecule has 0 bridgehead atoms. The number of nitrogens with one attached hydrogen (secondary N) is 1. The van der Waals surface area contributed by atoms with Crippen LogP contribution in [0.15, 0.2) is 76.5 Å². The molecule has 0 fully saturated rings. The second-order valence-corrected chi connectivity index (χ2v) is 9.58. The summed E-state index contributed by atoms with van der Waals surface area (Å²) >= 11 is 1.36.